The molecule has 1 aliphatic carbocycles. The van der Waals surface area contributed by atoms with Crippen molar-refractivity contribution < 1.29 is 4.79 Å². The average Bonchev–Trinajstić information content (AvgIpc) is 3.02. The molecule has 0 aliphatic heterocycles. The molecule has 1 aromatic carbocycles. The van der Waals surface area contributed by atoms with Crippen LogP contribution in [0.1, 0.15) is 18.4 Å². The first kappa shape index (κ1) is 9.71. The largest absolute Gasteiger partial charge is 0.326 e. The summed E-state index contributed by atoms with van der Waals surface area (Å²) in [6.45, 7) is 0. The Bertz CT molecular complexity index is 347. The lowest BCUT2D eigenvalue weighted by Gasteiger charge is -2.08. The van der Waals surface area contributed by atoms with Crippen LogP contribution in [-0.4, -0.2) is 5.91 Å². The molecule has 1 aromatic rings. The van der Waals surface area contributed by atoms with Gasteiger partial charge in [0.15, 0.2) is 0 Å². The van der Waals surface area contributed by atoms with Crippen LogP contribution < -0.4 is 5.32 Å². The summed E-state index contributed by atoms with van der Waals surface area (Å²) in [6.07, 6.45) is 2.09. The Morgan fingerprint density at radius 2 is 2.14 bits per heavy atom. The fourth-order valence-corrected chi connectivity index (χ4v) is 1.83. The minimum absolute atomic E-state index is 0.165. The topological polar surface area (TPSA) is 29.1 Å². The van der Waals surface area contributed by atoms with Gasteiger partial charge in [0.05, 0.1) is 0 Å². The molecular weight excluding hydrogens is 242 g/mol. The molecule has 0 saturated heterocycles. The van der Waals surface area contributed by atoms with Crippen LogP contribution in [-0.2, 0) is 10.1 Å². The molecule has 1 amide bonds. The van der Waals surface area contributed by atoms with E-state index in [-0.39, 0.29) is 11.8 Å². The highest BCUT2D eigenvalue weighted by atomic mass is 79.9. The molecule has 0 atom stereocenters. The Balaban J connectivity index is 2.10. The molecule has 14 heavy (non-hydrogen) atoms. The zero-order chi connectivity index (χ0) is 9.97. The Kier molecular flexibility index (Phi) is 2.87. The molecule has 0 unspecified atom stereocenters. The van der Waals surface area contributed by atoms with Gasteiger partial charge in [-0.15, -0.1) is 0 Å². The lowest BCUT2D eigenvalue weighted by atomic mass is 10.2. The van der Waals surface area contributed by atoms with Gasteiger partial charge in [0.2, 0.25) is 5.91 Å². The van der Waals surface area contributed by atoms with Gasteiger partial charge < -0.3 is 5.32 Å². The van der Waals surface area contributed by atoms with Gasteiger partial charge in [-0.25, -0.2) is 0 Å². The summed E-state index contributed by atoms with van der Waals surface area (Å²) in [7, 11) is 0. The molecule has 0 heterocycles. The number of benzene rings is 1. The van der Waals surface area contributed by atoms with Gasteiger partial charge in [-0.1, -0.05) is 34.1 Å². The maximum Gasteiger partial charge on any atom is 0.227 e. The highest BCUT2D eigenvalue weighted by molar-refractivity contribution is 9.08. The van der Waals surface area contributed by atoms with Gasteiger partial charge in [0, 0.05) is 16.9 Å². The van der Waals surface area contributed by atoms with Gasteiger partial charge in [-0.05, 0) is 24.5 Å². The number of anilines is 1. The van der Waals surface area contributed by atoms with E-state index in [9.17, 15) is 4.79 Å². The summed E-state index contributed by atoms with van der Waals surface area (Å²) in [5, 5.41) is 3.73. The molecule has 2 rings (SSSR count). The number of rotatable bonds is 3. The lowest BCUT2D eigenvalue weighted by Crippen LogP contribution is -2.14. The molecule has 3 heteroatoms. The third-order valence-electron chi connectivity index (χ3n) is 2.37. The number of hydrogen-bond acceptors (Lipinski definition) is 1. The van der Waals surface area contributed by atoms with Gasteiger partial charge >= 0.3 is 0 Å². The van der Waals surface area contributed by atoms with Crippen LogP contribution in [0.3, 0.4) is 0 Å². The van der Waals surface area contributed by atoms with Gasteiger partial charge in [0.1, 0.15) is 0 Å². The summed E-state index contributed by atoms with van der Waals surface area (Å²) in [5.74, 6) is 0.428. The first-order valence-corrected chi connectivity index (χ1v) is 5.88. The van der Waals surface area contributed by atoms with Crippen molar-refractivity contribution in [2.75, 3.05) is 5.32 Å². The normalized spacial score (nSPS) is 15.2. The number of carbonyl (C=O) groups excluding carboxylic acids is 1. The van der Waals surface area contributed by atoms with Crippen LogP contribution in [0, 0.1) is 5.92 Å². The zero-order valence-electron chi connectivity index (χ0n) is 7.79. The first-order chi connectivity index (χ1) is 6.81. The fourth-order valence-electron chi connectivity index (χ4n) is 1.34. The molecule has 1 fully saturated rings. The summed E-state index contributed by atoms with van der Waals surface area (Å²) in [6, 6.07) is 7.87. The molecule has 1 aliphatic rings. The van der Waals surface area contributed by atoms with E-state index in [0.29, 0.717) is 0 Å². The van der Waals surface area contributed by atoms with Crippen molar-refractivity contribution >= 4 is 27.5 Å². The van der Waals surface area contributed by atoms with Crippen molar-refractivity contribution in [3.8, 4) is 0 Å². The molecule has 2 nitrogen and oxygen atoms in total. The summed E-state index contributed by atoms with van der Waals surface area (Å²) < 4.78 is 0. The minimum Gasteiger partial charge on any atom is -0.326 e. The van der Waals surface area contributed by atoms with Crippen LogP contribution in [0.15, 0.2) is 24.3 Å². The highest BCUT2D eigenvalue weighted by Crippen LogP contribution is 2.30. The minimum atomic E-state index is 0.165. The van der Waals surface area contributed by atoms with Crippen molar-refractivity contribution in [2.24, 2.45) is 5.92 Å². The number of alkyl halides is 1. The van der Waals surface area contributed by atoms with Crippen molar-refractivity contribution in [2.45, 2.75) is 18.2 Å². The van der Waals surface area contributed by atoms with E-state index in [1.165, 1.54) is 0 Å². The predicted molar refractivity (Wildman–Crippen MR) is 60.4 cm³/mol. The van der Waals surface area contributed by atoms with Crippen LogP contribution in [0.4, 0.5) is 5.69 Å². The summed E-state index contributed by atoms with van der Waals surface area (Å²) in [5.41, 5.74) is 2.06. The lowest BCUT2D eigenvalue weighted by molar-refractivity contribution is -0.117. The standard InChI is InChI=1S/C11H12BrNO/c12-7-9-3-1-2-4-10(9)13-11(14)8-5-6-8/h1-4,8H,5-7H2,(H,13,14). The quantitative estimate of drug-likeness (QED) is 0.825. The number of hydrogen-bond donors (Lipinski definition) is 1. The first-order valence-electron chi connectivity index (χ1n) is 4.76. The fraction of sp³-hybridized carbons (Fsp3) is 0.364. The number of carbonyl (C=O) groups is 1. The molecule has 1 N–H and O–H groups in total. The summed E-state index contributed by atoms with van der Waals surface area (Å²) >= 11 is 3.40. The van der Waals surface area contributed by atoms with E-state index in [1.807, 2.05) is 24.3 Å². The third kappa shape index (κ3) is 2.15. The molecule has 0 bridgehead atoms. The molecule has 1 saturated carbocycles. The van der Waals surface area contributed by atoms with Crippen LogP contribution in [0.25, 0.3) is 0 Å². The van der Waals surface area contributed by atoms with E-state index in [1.54, 1.807) is 0 Å². The monoisotopic (exact) mass is 253 g/mol. The molecule has 0 radical (unpaired) electrons. The Morgan fingerprint density at radius 1 is 1.43 bits per heavy atom. The number of halogens is 1. The summed E-state index contributed by atoms with van der Waals surface area (Å²) in [4.78, 5) is 11.5. The Labute approximate surface area is 91.8 Å². The molecule has 74 valence electrons. The highest BCUT2D eigenvalue weighted by Gasteiger charge is 2.29. The molecule has 0 aromatic heterocycles. The number of amides is 1. The van der Waals surface area contributed by atoms with Gasteiger partial charge in [-0.3, -0.25) is 4.79 Å². The second kappa shape index (κ2) is 4.13. The van der Waals surface area contributed by atoms with Crippen molar-refractivity contribution in [1.29, 1.82) is 0 Å². The third-order valence-corrected chi connectivity index (χ3v) is 2.97. The van der Waals surface area contributed by atoms with E-state index >= 15 is 0 Å². The van der Waals surface area contributed by atoms with Crippen molar-refractivity contribution in [3.05, 3.63) is 29.8 Å². The van der Waals surface area contributed by atoms with E-state index in [0.717, 1.165) is 29.4 Å². The van der Waals surface area contributed by atoms with Gasteiger partial charge in [0.25, 0.3) is 0 Å². The SMILES string of the molecule is O=C(Nc1ccccc1CBr)C1CC1. The van der Waals surface area contributed by atoms with E-state index < -0.39 is 0 Å². The van der Waals surface area contributed by atoms with Crippen molar-refractivity contribution in [1.82, 2.24) is 0 Å². The second-order valence-corrected chi connectivity index (χ2v) is 4.12. The molecule has 0 spiro atoms. The maximum atomic E-state index is 11.5. The zero-order valence-corrected chi connectivity index (χ0v) is 9.38. The Morgan fingerprint density at radius 3 is 2.79 bits per heavy atom. The predicted octanol–water partition coefficient (Wildman–Crippen LogP) is 2.93. The van der Waals surface area contributed by atoms with E-state index in [4.69, 9.17) is 0 Å². The number of para-hydroxylation sites is 1. The maximum absolute atomic E-state index is 11.5. The van der Waals surface area contributed by atoms with Crippen LogP contribution in [0.5, 0.6) is 0 Å². The van der Waals surface area contributed by atoms with Gasteiger partial charge in [-0.2, -0.15) is 0 Å². The number of nitrogens with one attached hydrogen (secondary N) is 1. The van der Waals surface area contributed by atoms with E-state index in [2.05, 4.69) is 21.2 Å². The smallest absolute Gasteiger partial charge is 0.227 e. The average molecular weight is 254 g/mol. The second-order valence-electron chi connectivity index (χ2n) is 3.55. The molecular formula is C11H12BrNO. The van der Waals surface area contributed by atoms with Crippen LogP contribution in [0.2, 0.25) is 0 Å². The van der Waals surface area contributed by atoms with Crippen molar-refractivity contribution in [3.63, 3.8) is 0 Å². The Hall–Kier alpha value is -0.830. The van der Waals surface area contributed by atoms with Crippen LogP contribution >= 0.6 is 15.9 Å².